The Kier molecular flexibility index (Phi) is 5.31. The van der Waals surface area contributed by atoms with Crippen molar-refractivity contribution in [3.63, 3.8) is 0 Å². The van der Waals surface area contributed by atoms with E-state index in [1.807, 2.05) is 0 Å². The van der Waals surface area contributed by atoms with Gasteiger partial charge in [-0.25, -0.2) is 9.97 Å². The molecule has 2 amide bonds. The lowest BCUT2D eigenvalue weighted by Crippen LogP contribution is -2.39. The van der Waals surface area contributed by atoms with Crippen LogP contribution in [0.5, 0.6) is 0 Å². The summed E-state index contributed by atoms with van der Waals surface area (Å²) in [7, 11) is 0. The normalized spacial score (nSPS) is 26.2. The Bertz CT molecular complexity index is 846. The van der Waals surface area contributed by atoms with Crippen molar-refractivity contribution >= 4 is 23.4 Å². The highest BCUT2D eigenvalue weighted by atomic mass is 35.5. The van der Waals surface area contributed by atoms with E-state index in [0.717, 1.165) is 19.3 Å². The molecule has 2 saturated carbocycles. The molecular weight excluding hydrogens is 376 g/mol. The Hall–Kier alpha value is -2.47. The molecule has 6 nitrogen and oxygen atoms in total. The van der Waals surface area contributed by atoms with E-state index in [0.29, 0.717) is 34.0 Å². The van der Waals surface area contributed by atoms with Gasteiger partial charge in [-0.2, -0.15) is 0 Å². The van der Waals surface area contributed by atoms with Gasteiger partial charge in [0.2, 0.25) is 0 Å². The van der Waals surface area contributed by atoms with Crippen LogP contribution in [0.4, 0.5) is 0 Å². The minimum Gasteiger partial charge on any atom is -0.349 e. The van der Waals surface area contributed by atoms with Gasteiger partial charge in [0.05, 0.1) is 0 Å². The second-order valence-corrected chi connectivity index (χ2v) is 8.07. The SMILES string of the molecule is CCC(NC(=O)c1ccc(Cl)cc1)[C@H]1[C@@H]2C[C@@H](NC(=O)c3ccncn3)C[C@@H]21. The van der Waals surface area contributed by atoms with Crippen LogP contribution in [0.25, 0.3) is 0 Å². The largest absolute Gasteiger partial charge is 0.349 e. The Morgan fingerprint density at radius 1 is 1.14 bits per heavy atom. The van der Waals surface area contributed by atoms with Crippen LogP contribution in [0.2, 0.25) is 5.02 Å². The first-order chi connectivity index (χ1) is 13.6. The zero-order valence-electron chi connectivity index (χ0n) is 15.6. The van der Waals surface area contributed by atoms with Crippen LogP contribution in [0, 0.1) is 17.8 Å². The second kappa shape index (κ2) is 7.87. The number of amides is 2. The first kappa shape index (κ1) is 18.9. The van der Waals surface area contributed by atoms with Crippen LogP contribution >= 0.6 is 11.6 Å². The van der Waals surface area contributed by atoms with E-state index >= 15 is 0 Å². The smallest absolute Gasteiger partial charge is 0.270 e. The molecule has 2 aliphatic rings. The lowest BCUT2D eigenvalue weighted by atomic mass is 9.99. The third-order valence-corrected chi connectivity index (χ3v) is 6.24. The fourth-order valence-corrected chi connectivity index (χ4v) is 4.74. The molecule has 1 aromatic carbocycles. The van der Waals surface area contributed by atoms with Crippen molar-refractivity contribution in [3.05, 3.63) is 59.1 Å². The van der Waals surface area contributed by atoms with E-state index in [1.165, 1.54) is 6.33 Å². The molecule has 0 aliphatic heterocycles. The molecule has 1 heterocycles. The molecule has 0 saturated heterocycles. The molecule has 28 heavy (non-hydrogen) atoms. The average Bonchev–Trinajstić information content (AvgIpc) is 3.20. The monoisotopic (exact) mass is 398 g/mol. The van der Waals surface area contributed by atoms with E-state index in [1.54, 1.807) is 36.5 Å². The Morgan fingerprint density at radius 3 is 2.46 bits per heavy atom. The number of halogens is 1. The van der Waals surface area contributed by atoms with Gasteiger partial charge in [0.1, 0.15) is 12.0 Å². The highest BCUT2D eigenvalue weighted by Crippen LogP contribution is 2.59. The number of aromatic nitrogens is 2. The van der Waals surface area contributed by atoms with Crippen LogP contribution in [0.3, 0.4) is 0 Å². The van der Waals surface area contributed by atoms with Crippen LogP contribution < -0.4 is 10.6 Å². The Morgan fingerprint density at radius 2 is 1.86 bits per heavy atom. The van der Waals surface area contributed by atoms with Crippen LogP contribution in [0.1, 0.15) is 47.0 Å². The van der Waals surface area contributed by atoms with Crippen molar-refractivity contribution < 1.29 is 9.59 Å². The summed E-state index contributed by atoms with van der Waals surface area (Å²) in [6.07, 6.45) is 5.76. The molecule has 4 rings (SSSR count). The molecule has 2 aliphatic carbocycles. The number of rotatable bonds is 6. The second-order valence-electron chi connectivity index (χ2n) is 7.64. The summed E-state index contributed by atoms with van der Waals surface area (Å²) in [6.45, 7) is 2.11. The number of fused-ring (bicyclic) bond motifs is 1. The lowest BCUT2D eigenvalue weighted by molar-refractivity contribution is 0.0926. The number of benzene rings is 1. The summed E-state index contributed by atoms with van der Waals surface area (Å²) in [5.74, 6) is 1.42. The van der Waals surface area contributed by atoms with Crippen molar-refractivity contribution in [2.24, 2.45) is 17.8 Å². The van der Waals surface area contributed by atoms with E-state index < -0.39 is 0 Å². The van der Waals surface area contributed by atoms with E-state index in [4.69, 9.17) is 11.6 Å². The van der Waals surface area contributed by atoms with E-state index in [-0.39, 0.29) is 23.9 Å². The molecule has 7 heteroatoms. The zero-order chi connectivity index (χ0) is 19.7. The molecule has 0 bridgehead atoms. The fourth-order valence-electron chi connectivity index (χ4n) is 4.61. The molecule has 2 fully saturated rings. The average molecular weight is 399 g/mol. The molecule has 2 aromatic rings. The van der Waals surface area contributed by atoms with Crippen LogP contribution in [-0.2, 0) is 0 Å². The Balaban J connectivity index is 1.30. The zero-order valence-corrected chi connectivity index (χ0v) is 16.4. The predicted octanol–water partition coefficient (Wildman–Crippen LogP) is 3.09. The van der Waals surface area contributed by atoms with Gasteiger partial charge in [-0.3, -0.25) is 9.59 Å². The van der Waals surface area contributed by atoms with Crippen molar-refractivity contribution in [2.45, 2.75) is 38.3 Å². The van der Waals surface area contributed by atoms with Gasteiger partial charge in [0, 0.05) is 28.9 Å². The minimum atomic E-state index is -0.145. The number of carbonyl (C=O) groups is 2. The third kappa shape index (κ3) is 3.87. The quantitative estimate of drug-likeness (QED) is 0.783. The highest BCUT2D eigenvalue weighted by molar-refractivity contribution is 6.30. The Labute approximate surface area is 169 Å². The number of carbonyl (C=O) groups excluding carboxylic acids is 2. The molecule has 2 N–H and O–H groups in total. The molecule has 0 spiro atoms. The van der Waals surface area contributed by atoms with Gasteiger partial charge in [-0.05, 0) is 67.3 Å². The molecule has 0 radical (unpaired) electrons. The minimum absolute atomic E-state index is 0.0536. The molecular formula is C21H23ClN4O2. The maximum Gasteiger partial charge on any atom is 0.270 e. The van der Waals surface area contributed by atoms with Crippen molar-refractivity contribution in [1.29, 1.82) is 0 Å². The summed E-state index contributed by atoms with van der Waals surface area (Å²) in [5, 5.41) is 6.89. The molecule has 1 aromatic heterocycles. The summed E-state index contributed by atoms with van der Waals surface area (Å²) in [6, 6.07) is 8.92. The topological polar surface area (TPSA) is 84.0 Å². The number of nitrogens with one attached hydrogen (secondary N) is 2. The van der Waals surface area contributed by atoms with E-state index in [2.05, 4.69) is 27.5 Å². The maximum atomic E-state index is 12.5. The van der Waals surface area contributed by atoms with Gasteiger partial charge >= 0.3 is 0 Å². The summed E-state index contributed by atoms with van der Waals surface area (Å²) < 4.78 is 0. The lowest BCUT2D eigenvalue weighted by Gasteiger charge is -2.22. The van der Waals surface area contributed by atoms with Gasteiger partial charge in [-0.1, -0.05) is 18.5 Å². The summed E-state index contributed by atoms with van der Waals surface area (Å²) in [5.41, 5.74) is 1.03. The molecule has 1 unspecified atom stereocenters. The first-order valence-electron chi connectivity index (χ1n) is 9.70. The number of hydrogen-bond acceptors (Lipinski definition) is 4. The van der Waals surface area contributed by atoms with Gasteiger partial charge < -0.3 is 10.6 Å². The van der Waals surface area contributed by atoms with Crippen molar-refractivity contribution in [2.75, 3.05) is 0 Å². The number of nitrogens with zero attached hydrogens (tertiary/aromatic N) is 2. The third-order valence-electron chi connectivity index (χ3n) is 5.99. The summed E-state index contributed by atoms with van der Waals surface area (Å²) in [4.78, 5) is 32.6. The van der Waals surface area contributed by atoms with Gasteiger partial charge in [0.15, 0.2) is 0 Å². The first-order valence-corrected chi connectivity index (χ1v) is 10.1. The summed E-state index contributed by atoms with van der Waals surface area (Å²) >= 11 is 5.89. The molecule has 5 atom stereocenters. The van der Waals surface area contributed by atoms with Crippen molar-refractivity contribution in [3.8, 4) is 0 Å². The standard InChI is InChI=1S/C21H23ClN4O2/c1-2-17(26-20(27)12-3-5-13(22)6-4-12)19-15-9-14(10-16(15)19)25-21(28)18-7-8-23-11-24-18/h3-8,11,14-17,19H,2,9-10H2,1H3,(H,25,28)(H,26,27)/t14-,15-,16+,17?,19+. The van der Waals surface area contributed by atoms with Gasteiger partial charge in [0.25, 0.3) is 11.8 Å². The fraction of sp³-hybridized carbons (Fsp3) is 0.429. The van der Waals surface area contributed by atoms with E-state index in [9.17, 15) is 9.59 Å². The molecule has 146 valence electrons. The van der Waals surface area contributed by atoms with Gasteiger partial charge in [-0.15, -0.1) is 0 Å². The van der Waals surface area contributed by atoms with Crippen LogP contribution in [-0.4, -0.2) is 33.9 Å². The predicted molar refractivity (Wildman–Crippen MR) is 106 cm³/mol. The van der Waals surface area contributed by atoms with Crippen molar-refractivity contribution in [1.82, 2.24) is 20.6 Å². The number of hydrogen-bond donors (Lipinski definition) is 2. The highest BCUT2D eigenvalue weighted by Gasteiger charge is 2.58. The van der Waals surface area contributed by atoms with Crippen LogP contribution in [0.15, 0.2) is 42.9 Å². The maximum absolute atomic E-state index is 12.5.